The number of rotatable bonds is 4. The number of benzene rings is 1. The van der Waals surface area contributed by atoms with E-state index >= 15 is 0 Å². The van der Waals surface area contributed by atoms with Crippen molar-refractivity contribution >= 4 is 23.2 Å². The summed E-state index contributed by atoms with van der Waals surface area (Å²) in [4.78, 5) is 0. The van der Waals surface area contributed by atoms with Gasteiger partial charge in [0.1, 0.15) is 0 Å². The van der Waals surface area contributed by atoms with Crippen molar-refractivity contribution in [1.82, 2.24) is 5.32 Å². The van der Waals surface area contributed by atoms with Gasteiger partial charge in [-0.3, -0.25) is 0 Å². The second kappa shape index (κ2) is 5.54. The Morgan fingerprint density at radius 3 is 2.56 bits per heavy atom. The first-order valence-corrected chi connectivity index (χ1v) is 5.76. The molecule has 0 radical (unpaired) electrons. The average molecular weight is 257 g/mol. The van der Waals surface area contributed by atoms with E-state index in [0.29, 0.717) is 23.1 Å². The third-order valence-electron chi connectivity index (χ3n) is 2.18. The van der Waals surface area contributed by atoms with Gasteiger partial charge in [0.25, 0.3) is 0 Å². The van der Waals surface area contributed by atoms with Crippen LogP contribution in [0.15, 0.2) is 18.2 Å². The van der Waals surface area contributed by atoms with Gasteiger partial charge in [0.05, 0.1) is 21.5 Å². The number of hydrogen-bond acceptors (Lipinski definition) is 2. The molecule has 1 N–H and O–H groups in total. The number of halogens is 2. The molecule has 16 heavy (non-hydrogen) atoms. The van der Waals surface area contributed by atoms with Gasteiger partial charge < -0.3 is 5.32 Å². The van der Waals surface area contributed by atoms with Crippen molar-refractivity contribution in [3.8, 4) is 6.07 Å². The van der Waals surface area contributed by atoms with Crippen LogP contribution in [-0.2, 0) is 6.54 Å². The van der Waals surface area contributed by atoms with E-state index in [1.165, 1.54) is 0 Å². The van der Waals surface area contributed by atoms with E-state index in [1.54, 1.807) is 6.07 Å². The molecule has 0 fully saturated rings. The van der Waals surface area contributed by atoms with Crippen LogP contribution in [0.2, 0.25) is 10.0 Å². The van der Waals surface area contributed by atoms with Crippen LogP contribution in [0.5, 0.6) is 0 Å². The summed E-state index contributed by atoms with van der Waals surface area (Å²) in [6.07, 6.45) is 0. The largest absolute Gasteiger partial charge is 0.311 e. The third-order valence-corrected chi connectivity index (χ3v) is 2.92. The predicted molar refractivity (Wildman–Crippen MR) is 67.6 cm³/mol. The van der Waals surface area contributed by atoms with Gasteiger partial charge in [-0.25, -0.2) is 0 Å². The van der Waals surface area contributed by atoms with Gasteiger partial charge in [0.15, 0.2) is 0 Å². The van der Waals surface area contributed by atoms with Gasteiger partial charge in [-0.2, -0.15) is 5.26 Å². The first-order valence-electron chi connectivity index (χ1n) is 5.00. The van der Waals surface area contributed by atoms with Gasteiger partial charge in [0.2, 0.25) is 0 Å². The monoisotopic (exact) mass is 256 g/mol. The molecule has 0 amide bonds. The van der Waals surface area contributed by atoms with Crippen molar-refractivity contribution < 1.29 is 0 Å². The van der Waals surface area contributed by atoms with Crippen LogP contribution in [0, 0.1) is 16.7 Å². The second-order valence-corrected chi connectivity index (χ2v) is 5.16. The molecule has 0 aliphatic rings. The topological polar surface area (TPSA) is 35.8 Å². The minimum atomic E-state index is -0.351. The predicted octanol–water partition coefficient (Wildman–Crippen LogP) is 3.63. The van der Waals surface area contributed by atoms with Gasteiger partial charge in [-0.1, -0.05) is 29.3 Å². The summed E-state index contributed by atoms with van der Waals surface area (Å²) in [6.45, 7) is 5.12. The Balaban J connectivity index is 2.50. The molecule has 0 bridgehead atoms. The van der Waals surface area contributed by atoms with E-state index in [0.717, 1.165) is 5.56 Å². The zero-order chi connectivity index (χ0) is 12.2. The van der Waals surface area contributed by atoms with E-state index in [-0.39, 0.29) is 5.41 Å². The van der Waals surface area contributed by atoms with Crippen molar-refractivity contribution in [1.29, 1.82) is 5.26 Å². The van der Waals surface area contributed by atoms with E-state index < -0.39 is 0 Å². The first-order chi connectivity index (χ1) is 7.44. The molecule has 1 rings (SSSR count). The van der Waals surface area contributed by atoms with Gasteiger partial charge >= 0.3 is 0 Å². The third kappa shape index (κ3) is 4.02. The van der Waals surface area contributed by atoms with Crippen molar-refractivity contribution in [2.24, 2.45) is 5.41 Å². The molecule has 0 aliphatic heterocycles. The highest BCUT2D eigenvalue weighted by Gasteiger charge is 2.15. The van der Waals surface area contributed by atoms with Crippen molar-refractivity contribution in [3.05, 3.63) is 33.8 Å². The molecule has 0 unspecified atom stereocenters. The molecule has 0 saturated heterocycles. The van der Waals surface area contributed by atoms with Gasteiger partial charge in [-0.15, -0.1) is 0 Å². The molecule has 86 valence electrons. The lowest BCUT2D eigenvalue weighted by Crippen LogP contribution is -2.27. The first kappa shape index (κ1) is 13.3. The summed E-state index contributed by atoms with van der Waals surface area (Å²) in [6, 6.07) is 7.76. The normalized spacial score (nSPS) is 11.2. The summed E-state index contributed by atoms with van der Waals surface area (Å²) >= 11 is 11.7. The SMILES string of the molecule is CC(C)(C#N)CNCc1ccc(Cl)c(Cl)c1. The Morgan fingerprint density at radius 2 is 2.00 bits per heavy atom. The molecule has 0 spiro atoms. The highest BCUT2D eigenvalue weighted by molar-refractivity contribution is 6.42. The lowest BCUT2D eigenvalue weighted by atomic mass is 9.96. The highest BCUT2D eigenvalue weighted by Crippen LogP contribution is 2.22. The number of nitrogens with zero attached hydrogens (tertiary/aromatic N) is 1. The zero-order valence-corrected chi connectivity index (χ0v) is 10.9. The fourth-order valence-electron chi connectivity index (χ4n) is 1.21. The number of hydrogen-bond donors (Lipinski definition) is 1. The Bertz CT molecular complexity index is 408. The molecule has 1 aromatic rings. The fourth-order valence-corrected chi connectivity index (χ4v) is 1.53. The molecular weight excluding hydrogens is 243 g/mol. The van der Waals surface area contributed by atoms with Gasteiger partial charge in [-0.05, 0) is 31.5 Å². The van der Waals surface area contributed by atoms with Crippen LogP contribution in [0.3, 0.4) is 0 Å². The van der Waals surface area contributed by atoms with Crippen molar-refractivity contribution in [2.75, 3.05) is 6.54 Å². The second-order valence-electron chi connectivity index (χ2n) is 4.35. The maximum Gasteiger partial charge on any atom is 0.0697 e. The Hall–Kier alpha value is -0.750. The summed E-state index contributed by atoms with van der Waals surface area (Å²) in [5, 5.41) is 13.2. The lowest BCUT2D eigenvalue weighted by molar-refractivity contribution is 0.445. The summed E-state index contributed by atoms with van der Waals surface area (Å²) in [5.74, 6) is 0. The zero-order valence-electron chi connectivity index (χ0n) is 9.35. The Kier molecular flexibility index (Phi) is 4.61. The Labute approximate surface area is 106 Å². The summed E-state index contributed by atoms with van der Waals surface area (Å²) in [5.41, 5.74) is 0.707. The van der Waals surface area contributed by atoms with Crippen LogP contribution < -0.4 is 5.32 Å². The summed E-state index contributed by atoms with van der Waals surface area (Å²) in [7, 11) is 0. The lowest BCUT2D eigenvalue weighted by Gasteiger charge is -2.15. The van der Waals surface area contributed by atoms with E-state index in [2.05, 4.69) is 11.4 Å². The van der Waals surface area contributed by atoms with E-state index in [9.17, 15) is 0 Å². The average Bonchev–Trinajstić information content (AvgIpc) is 2.23. The standard InChI is InChI=1S/C12H14Cl2N2/c1-12(2,7-15)8-16-6-9-3-4-10(13)11(14)5-9/h3-5,16H,6,8H2,1-2H3. The number of nitrogens with one attached hydrogen (secondary N) is 1. The van der Waals surface area contributed by atoms with Crippen molar-refractivity contribution in [2.45, 2.75) is 20.4 Å². The van der Waals surface area contributed by atoms with Gasteiger partial charge in [0, 0.05) is 13.1 Å². The molecular formula is C12H14Cl2N2. The molecule has 0 heterocycles. The maximum absolute atomic E-state index is 8.84. The molecule has 0 saturated carbocycles. The van der Waals surface area contributed by atoms with E-state index in [1.807, 2.05) is 26.0 Å². The quantitative estimate of drug-likeness (QED) is 0.893. The number of nitriles is 1. The smallest absolute Gasteiger partial charge is 0.0697 e. The molecule has 0 atom stereocenters. The maximum atomic E-state index is 8.84. The summed E-state index contributed by atoms with van der Waals surface area (Å²) < 4.78 is 0. The Morgan fingerprint density at radius 1 is 1.31 bits per heavy atom. The molecule has 0 aromatic heterocycles. The molecule has 1 aromatic carbocycles. The molecule has 0 aliphatic carbocycles. The fraction of sp³-hybridized carbons (Fsp3) is 0.417. The van der Waals surface area contributed by atoms with Crippen LogP contribution >= 0.6 is 23.2 Å². The van der Waals surface area contributed by atoms with Crippen LogP contribution in [0.1, 0.15) is 19.4 Å². The van der Waals surface area contributed by atoms with Crippen LogP contribution in [0.25, 0.3) is 0 Å². The van der Waals surface area contributed by atoms with Crippen LogP contribution in [-0.4, -0.2) is 6.54 Å². The minimum Gasteiger partial charge on any atom is -0.311 e. The van der Waals surface area contributed by atoms with E-state index in [4.69, 9.17) is 28.5 Å². The molecule has 2 nitrogen and oxygen atoms in total. The van der Waals surface area contributed by atoms with Crippen molar-refractivity contribution in [3.63, 3.8) is 0 Å². The van der Waals surface area contributed by atoms with Crippen LogP contribution in [0.4, 0.5) is 0 Å². The highest BCUT2D eigenvalue weighted by atomic mass is 35.5. The minimum absolute atomic E-state index is 0.351. The molecule has 4 heteroatoms.